The first-order chi connectivity index (χ1) is 8.43. The van der Waals surface area contributed by atoms with Crippen LogP contribution in [0.4, 0.5) is 5.95 Å². The molecule has 1 heterocycles. The molecule has 1 aliphatic carbocycles. The van der Waals surface area contributed by atoms with Gasteiger partial charge in [-0.25, -0.2) is 9.97 Å². The van der Waals surface area contributed by atoms with Crippen molar-refractivity contribution in [3.8, 4) is 0 Å². The summed E-state index contributed by atoms with van der Waals surface area (Å²) in [4.78, 5) is 11.1. The normalized spacial score (nSPS) is 21.5. The van der Waals surface area contributed by atoms with Crippen LogP contribution in [-0.4, -0.2) is 30.6 Å². The zero-order chi connectivity index (χ0) is 13.3. The third kappa shape index (κ3) is 2.64. The molecule has 4 nitrogen and oxygen atoms in total. The van der Waals surface area contributed by atoms with Crippen molar-refractivity contribution in [3.63, 3.8) is 0 Å². The Morgan fingerprint density at radius 1 is 1.44 bits per heavy atom. The molecule has 0 fully saturated rings. The third-order valence-corrected chi connectivity index (χ3v) is 3.52. The fourth-order valence-electron chi connectivity index (χ4n) is 2.68. The van der Waals surface area contributed by atoms with E-state index in [2.05, 4.69) is 31.1 Å². The van der Waals surface area contributed by atoms with Gasteiger partial charge in [0.25, 0.3) is 0 Å². The number of aromatic nitrogens is 2. The summed E-state index contributed by atoms with van der Waals surface area (Å²) in [7, 11) is 3.97. The molecule has 1 atom stereocenters. The molecule has 1 aromatic rings. The van der Waals surface area contributed by atoms with Crippen LogP contribution in [0.5, 0.6) is 0 Å². The van der Waals surface area contributed by atoms with Crippen LogP contribution < -0.4 is 10.2 Å². The van der Waals surface area contributed by atoms with Crippen molar-refractivity contribution >= 4 is 5.95 Å². The van der Waals surface area contributed by atoms with Gasteiger partial charge in [0.15, 0.2) is 0 Å². The van der Waals surface area contributed by atoms with Gasteiger partial charge in [0.1, 0.15) is 0 Å². The van der Waals surface area contributed by atoms with E-state index in [-0.39, 0.29) is 0 Å². The van der Waals surface area contributed by atoms with Crippen molar-refractivity contribution in [2.24, 2.45) is 5.41 Å². The minimum Gasteiger partial charge on any atom is -0.347 e. The number of nitrogens with zero attached hydrogens (tertiary/aromatic N) is 3. The molecule has 0 saturated carbocycles. The molecule has 0 aromatic carbocycles. The zero-order valence-corrected chi connectivity index (χ0v) is 12.1. The minimum atomic E-state index is 0.303. The molecule has 18 heavy (non-hydrogen) atoms. The average Bonchev–Trinajstić information content (AvgIpc) is 2.26. The molecule has 100 valence electrons. The van der Waals surface area contributed by atoms with Crippen molar-refractivity contribution in [2.75, 3.05) is 25.5 Å². The Kier molecular flexibility index (Phi) is 3.57. The molecular formula is C14H24N4. The van der Waals surface area contributed by atoms with Crippen molar-refractivity contribution in [3.05, 3.63) is 17.5 Å². The highest BCUT2D eigenvalue weighted by molar-refractivity contribution is 5.34. The van der Waals surface area contributed by atoms with E-state index in [4.69, 9.17) is 4.98 Å². The Bertz CT molecular complexity index is 426. The highest BCUT2D eigenvalue weighted by atomic mass is 15.2. The van der Waals surface area contributed by atoms with Crippen LogP contribution in [0, 0.1) is 5.41 Å². The molecule has 1 unspecified atom stereocenters. The van der Waals surface area contributed by atoms with E-state index in [1.807, 2.05) is 25.2 Å². The first kappa shape index (κ1) is 13.3. The predicted octanol–water partition coefficient (Wildman–Crippen LogP) is 2.17. The molecular weight excluding hydrogens is 224 g/mol. The van der Waals surface area contributed by atoms with Crippen LogP contribution in [0.15, 0.2) is 6.20 Å². The van der Waals surface area contributed by atoms with E-state index in [1.165, 1.54) is 11.3 Å². The average molecular weight is 248 g/mol. The number of nitrogens with one attached hydrogen (secondary N) is 1. The van der Waals surface area contributed by atoms with E-state index in [0.717, 1.165) is 25.3 Å². The maximum atomic E-state index is 4.72. The van der Waals surface area contributed by atoms with Gasteiger partial charge in [-0.2, -0.15) is 0 Å². The Balaban J connectivity index is 2.39. The molecule has 4 heteroatoms. The topological polar surface area (TPSA) is 41.1 Å². The van der Waals surface area contributed by atoms with Crippen LogP contribution in [0.2, 0.25) is 0 Å². The van der Waals surface area contributed by atoms with E-state index < -0.39 is 0 Å². The lowest BCUT2D eigenvalue weighted by atomic mass is 9.74. The summed E-state index contributed by atoms with van der Waals surface area (Å²) >= 11 is 0. The van der Waals surface area contributed by atoms with Gasteiger partial charge in [-0.15, -0.1) is 0 Å². The highest BCUT2D eigenvalue weighted by Gasteiger charge is 2.33. The Labute approximate surface area is 110 Å². The summed E-state index contributed by atoms with van der Waals surface area (Å²) in [5, 5.41) is 3.55. The molecule has 0 aliphatic heterocycles. The van der Waals surface area contributed by atoms with Crippen molar-refractivity contribution in [2.45, 2.75) is 39.7 Å². The number of anilines is 1. The number of rotatable bonds is 3. The lowest BCUT2D eigenvalue weighted by molar-refractivity contribution is 0.255. The van der Waals surface area contributed by atoms with Crippen molar-refractivity contribution in [1.29, 1.82) is 0 Å². The number of hydrogen-bond acceptors (Lipinski definition) is 4. The summed E-state index contributed by atoms with van der Waals surface area (Å²) in [5.74, 6) is 0.807. The van der Waals surface area contributed by atoms with Gasteiger partial charge in [0, 0.05) is 31.9 Å². The Morgan fingerprint density at radius 2 is 2.17 bits per heavy atom. The van der Waals surface area contributed by atoms with Crippen LogP contribution >= 0.6 is 0 Å². The third-order valence-electron chi connectivity index (χ3n) is 3.52. The fraction of sp³-hybridized carbons (Fsp3) is 0.714. The summed E-state index contributed by atoms with van der Waals surface area (Å²) < 4.78 is 0. The van der Waals surface area contributed by atoms with Gasteiger partial charge in [-0.05, 0) is 24.8 Å². The summed E-state index contributed by atoms with van der Waals surface area (Å²) in [6.45, 7) is 7.77. The van der Waals surface area contributed by atoms with Gasteiger partial charge in [0.05, 0.1) is 5.69 Å². The van der Waals surface area contributed by atoms with E-state index in [0.29, 0.717) is 11.5 Å². The molecule has 0 saturated heterocycles. The summed E-state index contributed by atoms with van der Waals surface area (Å²) in [5.41, 5.74) is 2.79. The SMILES string of the molecule is CCNC1CC(C)(C)Cc2nc(N(C)C)ncc21. The van der Waals surface area contributed by atoms with Gasteiger partial charge < -0.3 is 10.2 Å². The molecule has 2 rings (SSSR count). The molecule has 1 aromatic heterocycles. The maximum absolute atomic E-state index is 4.72. The maximum Gasteiger partial charge on any atom is 0.225 e. The van der Waals surface area contributed by atoms with Crippen LogP contribution in [0.3, 0.4) is 0 Å². The Hall–Kier alpha value is -1.16. The molecule has 1 N–H and O–H groups in total. The monoisotopic (exact) mass is 248 g/mol. The lowest BCUT2D eigenvalue weighted by Gasteiger charge is -2.36. The van der Waals surface area contributed by atoms with Crippen LogP contribution in [0.25, 0.3) is 0 Å². The second-order valence-electron chi connectivity index (χ2n) is 6.12. The molecule has 1 aliphatic rings. The van der Waals surface area contributed by atoms with Crippen LogP contribution in [-0.2, 0) is 6.42 Å². The molecule has 0 amide bonds. The molecule has 0 spiro atoms. The summed E-state index contributed by atoms with van der Waals surface area (Å²) in [6.07, 6.45) is 4.19. The second kappa shape index (κ2) is 4.84. The first-order valence-corrected chi connectivity index (χ1v) is 6.69. The smallest absolute Gasteiger partial charge is 0.225 e. The van der Waals surface area contributed by atoms with Crippen LogP contribution in [0.1, 0.15) is 44.5 Å². The number of hydrogen-bond donors (Lipinski definition) is 1. The second-order valence-corrected chi connectivity index (χ2v) is 6.12. The number of fused-ring (bicyclic) bond motifs is 1. The van der Waals surface area contributed by atoms with E-state index in [1.54, 1.807) is 0 Å². The van der Waals surface area contributed by atoms with Gasteiger partial charge in [-0.3, -0.25) is 0 Å². The van der Waals surface area contributed by atoms with Gasteiger partial charge in [0.2, 0.25) is 5.95 Å². The quantitative estimate of drug-likeness (QED) is 0.890. The van der Waals surface area contributed by atoms with Crippen molar-refractivity contribution < 1.29 is 0 Å². The van der Waals surface area contributed by atoms with Gasteiger partial charge >= 0.3 is 0 Å². The van der Waals surface area contributed by atoms with Gasteiger partial charge in [-0.1, -0.05) is 20.8 Å². The Morgan fingerprint density at radius 3 is 2.78 bits per heavy atom. The highest BCUT2D eigenvalue weighted by Crippen LogP contribution is 2.39. The standard InChI is InChI=1S/C14H24N4/c1-6-15-11-7-14(2,3)8-12-10(11)9-16-13(17-12)18(4)5/h9,11,15H,6-8H2,1-5H3. The molecule has 0 radical (unpaired) electrons. The van der Waals surface area contributed by atoms with E-state index >= 15 is 0 Å². The van der Waals surface area contributed by atoms with E-state index in [9.17, 15) is 0 Å². The first-order valence-electron chi connectivity index (χ1n) is 6.69. The zero-order valence-electron chi connectivity index (χ0n) is 12.1. The van der Waals surface area contributed by atoms with Crippen molar-refractivity contribution in [1.82, 2.24) is 15.3 Å². The predicted molar refractivity (Wildman–Crippen MR) is 74.9 cm³/mol. The largest absolute Gasteiger partial charge is 0.347 e. The lowest BCUT2D eigenvalue weighted by Crippen LogP contribution is -2.34. The fourth-order valence-corrected chi connectivity index (χ4v) is 2.68. The molecule has 0 bridgehead atoms. The minimum absolute atomic E-state index is 0.303. The summed E-state index contributed by atoms with van der Waals surface area (Å²) in [6, 6.07) is 0.393.